The zero-order valence-corrected chi connectivity index (χ0v) is 12.2. The molecule has 2 rings (SSSR count). The van der Waals surface area contributed by atoms with E-state index in [2.05, 4.69) is 4.98 Å². The standard InChI is InChI=1S/C14H16N2O3.ClH/c1-3-18-13(15)9-5-6-11-10(7-9)8-12(16-11)14(17)19-4-2;/h5-8,15-16H,3-4H2,1-2H3;1H. The third-order valence-electron chi connectivity index (χ3n) is 2.70. The first kappa shape index (κ1) is 16.0. The van der Waals surface area contributed by atoms with Crippen LogP contribution in [-0.2, 0) is 9.47 Å². The van der Waals surface area contributed by atoms with Gasteiger partial charge in [-0.15, -0.1) is 0 Å². The molecule has 0 saturated carbocycles. The van der Waals surface area contributed by atoms with Crippen molar-refractivity contribution < 1.29 is 32.1 Å². The molecule has 0 spiro atoms. The second-order valence-corrected chi connectivity index (χ2v) is 4.00. The van der Waals surface area contributed by atoms with Gasteiger partial charge in [0.1, 0.15) is 5.69 Å². The number of carbonyl (C=O) groups is 1. The van der Waals surface area contributed by atoms with Gasteiger partial charge in [0.2, 0.25) is 0 Å². The lowest BCUT2D eigenvalue weighted by Gasteiger charge is -1.99. The molecule has 0 bridgehead atoms. The van der Waals surface area contributed by atoms with E-state index in [1.54, 1.807) is 13.0 Å². The van der Waals surface area contributed by atoms with Crippen molar-refractivity contribution in [3.8, 4) is 0 Å². The summed E-state index contributed by atoms with van der Waals surface area (Å²) in [4.78, 5) is 14.6. The third-order valence-corrected chi connectivity index (χ3v) is 2.70. The number of benzene rings is 1. The number of H-pyrrole nitrogens is 1. The third kappa shape index (κ3) is 3.30. The van der Waals surface area contributed by atoms with Crippen LogP contribution < -0.4 is 17.8 Å². The van der Waals surface area contributed by atoms with Crippen LogP contribution in [0.15, 0.2) is 24.3 Å². The summed E-state index contributed by atoms with van der Waals surface area (Å²) in [6, 6.07) is 7.33. The lowest BCUT2D eigenvalue weighted by molar-refractivity contribution is -0.138. The van der Waals surface area contributed by atoms with Crippen molar-refractivity contribution >= 4 is 22.8 Å². The minimum absolute atomic E-state index is 0. The van der Waals surface area contributed by atoms with Crippen molar-refractivity contribution in [3.63, 3.8) is 0 Å². The molecule has 3 N–H and O–H groups in total. The Morgan fingerprint density at radius 1 is 1.20 bits per heavy atom. The summed E-state index contributed by atoms with van der Waals surface area (Å²) in [6.45, 7) is 4.52. The van der Waals surface area contributed by atoms with E-state index in [1.807, 2.05) is 25.1 Å². The van der Waals surface area contributed by atoms with Gasteiger partial charge in [0.15, 0.2) is 0 Å². The van der Waals surface area contributed by atoms with E-state index >= 15 is 0 Å². The Hall–Kier alpha value is -2.01. The van der Waals surface area contributed by atoms with Crippen LogP contribution in [0.3, 0.4) is 0 Å². The first-order valence-corrected chi connectivity index (χ1v) is 6.21. The van der Waals surface area contributed by atoms with Crippen LogP contribution in [0, 0.1) is 0 Å². The van der Waals surface area contributed by atoms with Crippen LogP contribution in [0.2, 0.25) is 0 Å². The molecule has 6 heteroatoms. The summed E-state index contributed by atoms with van der Waals surface area (Å²) in [5, 5.41) is 6.70. The largest absolute Gasteiger partial charge is 1.00 e. The fourth-order valence-corrected chi connectivity index (χ4v) is 1.84. The molecular formula is C14H17ClN2O3. The highest BCUT2D eigenvalue weighted by atomic mass is 35.5. The molecule has 1 aromatic carbocycles. The van der Waals surface area contributed by atoms with E-state index in [-0.39, 0.29) is 18.4 Å². The number of aromatic amines is 1. The number of hydrogen-bond donors (Lipinski definition) is 2. The Morgan fingerprint density at radius 3 is 2.55 bits per heavy atom. The summed E-state index contributed by atoms with van der Waals surface area (Å²) in [6.07, 6.45) is 0. The average Bonchev–Trinajstić information content (AvgIpc) is 2.82. The predicted molar refractivity (Wildman–Crippen MR) is 71.9 cm³/mol. The zero-order valence-electron chi connectivity index (χ0n) is 11.4. The number of hydrogen-bond acceptors (Lipinski definition) is 3. The molecule has 0 atom stereocenters. The van der Waals surface area contributed by atoms with E-state index in [1.165, 1.54) is 0 Å². The fourth-order valence-electron chi connectivity index (χ4n) is 1.84. The second kappa shape index (κ2) is 6.96. The van der Waals surface area contributed by atoms with E-state index in [4.69, 9.17) is 14.9 Å². The Morgan fingerprint density at radius 2 is 1.90 bits per heavy atom. The number of rotatable bonds is 4. The summed E-state index contributed by atoms with van der Waals surface area (Å²) in [7, 11) is 0. The minimum Gasteiger partial charge on any atom is -1.00 e. The van der Waals surface area contributed by atoms with Crippen molar-refractivity contribution in [1.82, 2.24) is 4.98 Å². The number of carbonyl (C=O) groups excluding carboxylic acids is 1. The number of esters is 1. The number of fused-ring (bicyclic) bond motifs is 1. The van der Waals surface area contributed by atoms with Crippen molar-refractivity contribution in [2.45, 2.75) is 13.8 Å². The van der Waals surface area contributed by atoms with Gasteiger partial charge in [-0.2, -0.15) is 0 Å². The fraction of sp³-hybridized carbons (Fsp3) is 0.286. The Labute approximate surface area is 123 Å². The van der Waals surface area contributed by atoms with E-state index < -0.39 is 0 Å². The molecule has 0 radical (unpaired) electrons. The van der Waals surface area contributed by atoms with E-state index in [9.17, 15) is 4.79 Å². The van der Waals surface area contributed by atoms with Gasteiger partial charge in [0.05, 0.1) is 18.8 Å². The predicted octanol–water partition coefficient (Wildman–Crippen LogP) is -2.11. The quantitative estimate of drug-likeness (QED) is 0.385. The highest BCUT2D eigenvalue weighted by Crippen LogP contribution is 2.18. The first-order chi connectivity index (χ1) is 9.15. The summed E-state index contributed by atoms with van der Waals surface area (Å²) in [5.41, 5.74) is 2.09. The van der Waals surface area contributed by atoms with Gasteiger partial charge in [-0.05, 0) is 38.1 Å². The topological polar surface area (TPSA) is 76.9 Å². The smallest absolute Gasteiger partial charge is 0.366 e. The van der Waals surface area contributed by atoms with Crippen LogP contribution in [0.25, 0.3) is 10.9 Å². The molecule has 5 nitrogen and oxygen atoms in total. The molecule has 0 unspecified atom stereocenters. The molecule has 0 saturated heterocycles. The van der Waals surface area contributed by atoms with Gasteiger partial charge in [-0.25, -0.2) is 10.2 Å². The number of halogens is 1. The Bertz CT molecular complexity index is 606. The van der Waals surface area contributed by atoms with Gasteiger partial charge >= 0.3 is 11.9 Å². The highest BCUT2D eigenvalue weighted by Gasteiger charge is 2.13. The number of ether oxygens (including phenoxy) is 2. The van der Waals surface area contributed by atoms with Gasteiger partial charge in [-0.3, -0.25) is 0 Å². The van der Waals surface area contributed by atoms with Gasteiger partial charge in [0.25, 0.3) is 0 Å². The van der Waals surface area contributed by atoms with Gasteiger partial charge in [-0.1, -0.05) is 0 Å². The van der Waals surface area contributed by atoms with Crippen LogP contribution in [0.4, 0.5) is 0 Å². The summed E-state index contributed by atoms with van der Waals surface area (Å²) in [5.74, 6) is 0.0188. The van der Waals surface area contributed by atoms with Crippen LogP contribution >= 0.6 is 0 Å². The molecule has 2 aromatic rings. The van der Waals surface area contributed by atoms with E-state index in [0.717, 1.165) is 16.5 Å². The normalized spacial score (nSPS) is 9.90. The summed E-state index contributed by atoms with van der Waals surface area (Å²) >= 11 is 0. The molecule has 0 aliphatic heterocycles. The first-order valence-electron chi connectivity index (χ1n) is 6.21. The average molecular weight is 297 g/mol. The van der Waals surface area contributed by atoms with Gasteiger partial charge in [0, 0.05) is 10.9 Å². The molecular weight excluding hydrogens is 280 g/mol. The molecule has 1 aromatic heterocycles. The Balaban J connectivity index is 0.00000200. The van der Waals surface area contributed by atoms with Crippen molar-refractivity contribution in [3.05, 3.63) is 35.5 Å². The number of nitrogens with two attached hydrogens (primary N) is 1. The van der Waals surface area contributed by atoms with Crippen LogP contribution in [0.5, 0.6) is 0 Å². The van der Waals surface area contributed by atoms with Crippen LogP contribution in [0.1, 0.15) is 29.9 Å². The number of nitrogens with one attached hydrogen (secondary N) is 1. The molecule has 108 valence electrons. The lowest BCUT2D eigenvalue weighted by atomic mass is 10.1. The maximum Gasteiger partial charge on any atom is 0.366 e. The zero-order chi connectivity index (χ0) is 13.8. The maximum absolute atomic E-state index is 11.6. The van der Waals surface area contributed by atoms with Crippen molar-refractivity contribution in [2.75, 3.05) is 13.2 Å². The molecule has 0 fully saturated rings. The highest BCUT2D eigenvalue weighted by molar-refractivity contribution is 5.98. The lowest BCUT2D eigenvalue weighted by Crippen LogP contribution is -3.00. The summed E-state index contributed by atoms with van der Waals surface area (Å²) < 4.78 is 10.2. The number of aromatic nitrogens is 1. The van der Waals surface area contributed by atoms with Crippen LogP contribution in [-0.4, -0.2) is 30.1 Å². The Kier molecular flexibility index (Phi) is 5.58. The molecule has 0 aliphatic rings. The maximum atomic E-state index is 11.6. The SMILES string of the molecule is CCOC(=[NH2+])c1ccc2[nH]c(C(=O)OCC)cc2c1.[Cl-]. The van der Waals surface area contributed by atoms with Gasteiger partial charge < -0.3 is 26.9 Å². The molecule has 20 heavy (non-hydrogen) atoms. The molecule has 1 heterocycles. The monoisotopic (exact) mass is 296 g/mol. The molecule has 0 aliphatic carbocycles. The van der Waals surface area contributed by atoms with Crippen molar-refractivity contribution in [2.24, 2.45) is 0 Å². The minimum atomic E-state index is -0.359. The second-order valence-electron chi connectivity index (χ2n) is 4.00. The van der Waals surface area contributed by atoms with E-state index in [0.29, 0.717) is 24.8 Å². The van der Waals surface area contributed by atoms with Crippen molar-refractivity contribution in [1.29, 1.82) is 0 Å². The molecule has 0 amide bonds.